The van der Waals surface area contributed by atoms with E-state index in [0.29, 0.717) is 6.04 Å². The second kappa shape index (κ2) is 7.39. The van der Waals surface area contributed by atoms with Crippen LogP contribution in [-0.2, 0) is 4.74 Å². The quantitative estimate of drug-likeness (QED) is 0.822. The van der Waals surface area contributed by atoms with E-state index in [9.17, 15) is 0 Å². The predicted molar refractivity (Wildman–Crippen MR) is 85.5 cm³/mol. The second-order valence-electron chi connectivity index (χ2n) is 4.44. The Kier molecular flexibility index (Phi) is 5.53. The maximum absolute atomic E-state index is 5.74. The Bertz CT molecular complexity index is 504. The summed E-state index contributed by atoms with van der Waals surface area (Å²) in [5.74, 6) is 0. The first kappa shape index (κ1) is 15.0. The third-order valence-electron chi connectivity index (χ3n) is 2.72. The first-order valence-corrected chi connectivity index (χ1v) is 7.00. The molecule has 0 aromatic heterocycles. The van der Waals surface area contributed by atoms with Crippen molar-refractivity contribution in [3.05, 3.63) is 58.6 Å². The van der Waals surface area contributed by atoms with E-state index >= 15 is 0 Å². The highest BCUT2D eigenvalue weighted by Gasteiger charge is 2.17. The summed E-state index contributed by atoms with van der Waals surface area (Å²) in [7, 11) is 0. The van der Waals surface area contributed by atoms with Crippen molar-refractivity contribution in [2.45, 2.75) is 6.04 Å². The first-order chi connectivity index (χ1) is 9.63. The number of hydrogen-bond acceptors (Lipinski definition) is 3. The lowest BCUT2D eigenvalue weighted by Gasteiger charge is -2.27. The average molecular weight is 311 g/mol. The van der Waals surface area contributed by atoms with Crippen molar-refractivity contribution in [3.63, 3.8) is 0 Å². The normalized spacial score (nSPS) is 13.9. The van der Waals surface area contributed by atoms with E-state index in [2.05, 4.69) is 5.32 Å². The molecule has 0 spiro atoms. The summed E-state index contributed by atoms with van der Waals surface area (Å²) in [6.45, 7) is 1.62. The largest absolute Gasteiger partial charge is 0.399 e. The van der Waals surface area contributed by atoms with Gasteiger partial charge in [0, 0.05) is 21.4 Å². The highest BCUT2D eigenvalue weighted by atomic mass is 35.5. The van der Waals surface area contributed by atoms with Crippen LogP contribution in [0.5, 0.6) is 0 Å². The molecule has 1 saturated heterocycles. The topological polar surface area (TPSA) is 47.3 Å². The maximum Gasteiger partial charge on any atom is 0.0728 e. The molecule has 0 atom stereocenters. The molecule has 2 aromatic rings. The first-order valence-electron chi connectivity index (χ1n) is 6.24. The molecule has 3 nitrogen and oxygen atoms in total. The van der Waals surface area contributed by atoms with Crippen LogP contribution in [0, 0.1) is 0 Å². The number of rotatable bonds is 2. The van der Waals surface area contributed by atoms with Crippen molar-refractivity contribution < 1.29 is 4.74 Å². The zero-order valence-corrected chi connectivity index (χ0v) is 12.4. The van der Waals surface area contributed by atoms with Gasteiger partial charge in [0.05, 0.1) is 19.3 Å². The van der Waals surface area contributed by atoms with Gasteiger partial charge in [-0.1, -0.05) is 23.2 Å². The Balaban J connectivity index is 0.000000160. The average Bonchev–Trinajstić information content (AvgIpc) is 2.40. The fraction of sp³-hybridized carbons (Fsp3) is 0.200. The minimum Gasteiger partial charge on any atom is -0.399 e. The molecule has 0 radical (unpaired) electrons. The number of hydrogen-bond donors (Lipinski definition) is 2. The SMILES string of the molecule is Clc1ccc(NC2COC2)cc1.Nc1ccc(Cl)cc1. The van der Waals surface area contributed by atoms with E-state index in [1.165, 1.54) is 0 Å². The van der Waals surface area contributed by atoms with Crippen molar-refractivity contribution in [2.24, 2.45) is 0 Å². The minimum absolute atomic E-state index is 0.478. The van der Waals surface area contributed by atoms with Gasteiger partial charge in [0.2, 0.25) is 0 Å². The molecule has 106 valence electrons. The van der Waals surface area contributed by atoms with Crippen LogP contribution in [-0.4, -0.2) is 19.3 Å². The second-order valence-corrected chi connectivity index (χ2v) is 5.31. The summed E-state index contributed by atoms with van der Waals surface area (Å²) in [5.41, 5.74) is 7.22. The van der Waals surface area contributed by atoms with E-state index in [1.54, 1.807) is 24.3 Å². The molecule has 2 aromatic carbocycles. The Morgan fingerprint density at radius 1 is 0.900 bits per heavy atom. The Morgan fingerprint density at radius 3 is 1.80 bits per heavy atom. The predicted octanol–water partition coefficient (Wildman–Crippen LogP) is 4.07. The monoisotopic (exact) mass is 310 g/mol. The highest BCUT2D eigenvalue weighted by Crippen LogP contribution is 2.16. The van der Waals surface area contributed by atoms with Crippen LogP contribution in [0.3, 0.4) is 0 Å². The summed E-state index contributed by atoms with van der Waals surface area (Å²) < 4.78 is 5.04. The molecule has 0 unspecified atom stereocenters. The molecule has 0 saturated carbocycles. The molecule has 0 amide bonds. The zero-order valence-electron chi connectivity index (χ0n) is 10.9. The zero-order chi connectivity index (χ0) is 14.4. The van der Waals surface area contributed by atoms with Gasteiger partial charge in [0.1, 0.15) is 0 Å². The van der Waals surface area contributed by atoms with Gasteiger partial charge >= 0.3 is 0 Å². The number of anilines is 2. The van der Waals surface area contributed by atoms with Gasteiger partial charge in [-0.25, -0.2) is 0 Å². The molecule has 20 heavy (non-hydrogen) atoms. The van der Waals surface area contributed by atoms with Crippen LogP contribution in [0.15, 0.2) is 48.5 Å². The van der Waals surface area contributed by atoms with Crippen molar-refractivity contribution >= 4 is 34.6 Å². The number of ether oxygens (including phenoxy) is 1. The highest BCUT2D eigenvalue weighted by molar-refractivity contribution is 6.30. The van der Waals surface area contributed by atoms with Crippen molar-refractivity contribution in [3.8, 4) is 0 Å². The lowest BCUT2D eigenvalue weighted by molar-refractivity contribution is 0.0211. The molecule has 1 fully saturated rings. The van der Waals surface area contributed by atoms with E-state index < -0.39 is 0 Å². The standard InChI is InChI=1S/C9H10ClNO.C6H6ClN/c10-7-1-3-8(4-2-7)11-9-5-12-6-9;7-5-1-3-6(8)4-2-5/h1-4,9,11H,5-6H2;1-4H,8H2. The van der Waals surface area contributed by atoms with Gasteiger partial charge in [0.15, 0.2) is 0 Å². The molecule has 5 heteroatoms. The molecule has 1 aliphatic heterocycles. The van der Waals surface area contributed by atoms with Crippen LogP contribution < -0.4 is 11.1 Å². The number of nitrogens with one attached hydrogen (secondary N) is 1. The number of nitrogens with two attached hydrogens (primary N) is 1. The number of benzene rings is 2. The van der Waals surface area contributed by atoms with E-state index in [-0.39, 0.29) is 0 Å². The number of nitrogen functional groups attached to an aromatic ring is 1. The van der Waals surface area contributed by atoms with Gasteiger partial charge in [-0.3, -0.25) is 0 Å². The minimum atomic E-state index is 0.478. The molecule has 3 rings (SSSR count). The Hall–Kier alpha value is -1.42. The van der Waals surface area contributed by atoms with Crippen LogP contribution in [0.25, 0.3) is 0 Å². The van der Waals surface area contributed by atoms with Crippen molar-refractivity contribution in [1.29, 1.82) is 0 Å². The Labute approximate surface area is 128 Å². The van der Waals surface area contributed by atoms with Crippen LogP contribution in [0.2, 0.25) is 10.0 Å². The fourth-order valence-electron chi connectivity index (χ4n) is 1.56. The van der Waals surface area contributed by atoms with E-state index in [4.69, 9.17) is 33.7 Å². The molecule has 3 N–H and O–H groups in total. The molecule has 0 bridgehead atoms. The lowest BCUT2D eigenvalue weighted by atomic mass is 10.2. The molecule has 0 aliphatic carbocycles. The van der Waals surface area contributed by atoms with Crippen LogP contribution in [0.1, 0.15) is 0 Å². The Morgan fingerprint density at radius 2 is 1.40 bits per heavy atom. The molecular weight excluding hydrogens is 295 g/mol. The number of halogens is 2. The third kappa shape index (κ3) is 4.93. The van der Waals surface area contributed by atoms with Crippen LogP contribution >= 0.6 is 23.2 Å². The molecular formula is C15H16Cl2N2O. The maximum atomic E-state index is 5.74. The molecule has 1 aliphatic rings. The van der Waals surface area contributed by atoms with Gasteiger partial charge in [-0.05, 0) is 48.5 Å². The van der Waals surface area contributed by atoms with Crippen LogP contribution in [0.4, 0.5) is 11.4 Å². The van der Waals surface area contributed by atoms with Gasteiger partial charge in [-0.2, -0.15) is 0 Å². The lowest BCUT2D eigenvalue weighted by Crippen LogP contribution is -2.40. The van der Waals surface area contributed by atoms with Crippen molar-refractivity contribution in [1.82, 2.24) is 0 Å². The van der Waals surface area contributed by atoms with Gasteiger partial charge < -0.3 is 15.8 Å². The van der Waals surface area contributed by atoms with E-state index in [0.717, 1.165) is 34.6 Å². The molecule has 1 heterocycles. The fourth-order valence-corrected chi connectivity index (χ4v) is 1.82. The van der Waals surface area contributed by atoms with Gasteiger partial charge in [0.25, 0.3) is 0 Å². The summed E-state index contributed by atoms with van der Waals surface area (Å²) in [6, 6.07) is 15.2. The summed E-state index contributed by atoms with van der Waals surface area (Å²) in [6.07, 6.45) is 0. The summed E-state index contributed by atoms with van der Waals surface area (Å²) in [5, 5.41) is 4.81. The summed E-state index contributed by atoms with van der Waals surface area (Å²) >= 11 is 11.3. The summed E-state index contributed by atoms with van der Waals surface area (Å²) in [4.78, 5) is 0. The van der Waals surface area contributed by atoms with E-state index in [1.807, 2.05) is 24.3 Å². The smallest absolute Gasteiger partial charge is 0.0728 e. The van der Waals surface area contributed by atoms with Gasteiger partial charge in [-0.15, -0.1) is 0 Å². The van der Waals surface area contributed by atoms with Crippen molar-refractivity contribution in [2.75, 3.05) is 24.3 Å². The third-order valence-corrected chi connectivity index (χ3v) is 3.23.